The first kappa shape index (κ1) is 17.8. The van der Waals surface area contributed by atoms with Gasteiger partial charge in [-0.2, -0.15) is 0 Å². The Hall–Kier alpha value is -2.55. The van der Waals surface area contributed by atoms with Gasteiger partial charge in [0, 0.05) is 11.5 Å². The van der Waals surface area contributed by atoms with Crippen molar-refractivity contribution in [2.75, 3.05) is 0 Å². The van der Waals surface area contributed by atoms with Gasteiger partial charge in [-0.25, -0.2) is 4.79 Å². The van der Waals surface area contributed by atoms with Gasteiger partial charge in [0.2, 0.25) is 0 Å². The molecule has 0 saturated carbocycles. The zero-order valence-corrected chi connectivity index (χ0v) is 14.7. The molecule has 3 heteroatoms. The Bertz CT molecular complexity index is 695. The van der Waals surface area contributed by atoms with E-state index in [4.69, 9.17) is 9.47 Å². The van der Waals surface area contributed by atoms with E-state index in [9.17, 15) is 4.79 Å². The summed E-state index contributed by atoms with van der Waals surface area (Å²) < 4.78 is 10.8. The van der Waals surface area contributed by atoms with Gasteiger partial charge in [-0.1, -0.05) is 44.7 Å². The molecule has 0 bridgehead atoms. The van der Waals surface area contributed by atoms with Crippen molar-refractivity contribution in [3.05, 3.63) is 72.3 Å². The molecule has 0 aliphatic heterocycles. The van der Waals surface area contributed by atoms with Gasteiger partial charge in [-0.05, 0) is 49.2 Å². The van der Waals surface area contributed by atoms with Crippen molar-refractivity contribution in [2.45, 2.75) is 39.2 Å². The van der Waals surface area contributed by atoms with Crippen LogP contribution in [0.25, 0.3) is 0 Å². The fraction of sp³-hybridized carbons (Fsp3) is 0.286. The molecule has 0 heterocycles. The van der Waals surface area contributed by atoms with E-state index in [2.05, 4.69) is 32.6 Å². The van der Waals surface area contributed by atoms with Gasteiger partial charge in [0.15, 0.2) is 0 Å². The SMILES string of the molecule is C=CC(=O)Oc1ccc(C(C)(C)c2ccc(OC(C)C)cc2)cc1. The van der Waals surface area contributed by atoms with E-state index in [0.717, 1.165) is 17.4 Å². The molecule has 0 radical (unpaired) electrons. The highest BCUT2D eigenvalue weighted by atomic mass is 16.5. The molecule has 2 aromatic carbocycles. The predicted molar refractivity (Wildman–Crippen MR) is 96.6 cm³/mol. The summed E-state index contributed by atoms with van der Waals surface area (Å²) >= 11 is 0. The summed E-state index contributed by atoms with van der Waals surface area (Å²) in [7, 11) is 0. The van der Waals surface area contributed by atoms with Gasteiger partial charge in [0.25, 0.3) is 0 Å². The molecule has 0 saturated heterocycles. The Kier molecular flexibility index (Phi) is 5.45. The van der Waals surface area contributed by atoms with E-state index in [1.807, 2.05) is 38.1 Å². The molecule has 0 aromatic heterocycles. The molecule has 0 N–H and O–H groups in total. The van der Waals surface area contributed by atoms with Crippen LogP contribution in [0.2, 0.25) is 0 Å². The molecule has 0 fully saturated rings. The Labute approximate surface area is 143 Å². The van der Waals surface area contributed by atoms with E-state index >= 15 is 0 Å². The summed E-state index contributed by atoms with van der Waals surface area (Å²) in [5, 5.41) is 0. The number of rotatable bonds is 6. The van der Waals surface area contributed by atoms with E-state index in [-0.39, 0.29) is 11.5 Å². The van der Waals surface area contributed by atoms with Crippen LogP contribution in [0, 0.1) is 0 Å². The fourth-order valence-electron chi connectivity index (χ4n) is 2.49. The van der Waals surface area contributed by atoms with Gasteiger partial charge < -0.3 is 9.47 Å². The maximum atomic E-state index is 11.2. The van der Waals surface area contributed by atoms with Crippen LogP contribution < -0.4 is 9.47 Å². The molecule has 0 atom stereocenters. The summed E-state index contributed by atoms with van der Waals surface area (Å²) in [5.41, 5.74) is 2.16. The maximum Gasteiger partial charge on any atom is 0.335 e. The van der Waals surface area contributed by atoms with E-state index in [1.165, 1.54) is 5.56 Å². The number of carbonyl (C=O) groups is 1. The molecule has 0 unspecified atom stereocenters. The topological polar surface area (TPSA) is 35.5 Å². The first-order valence-corrected chi connectivity index (χ1v) is 8.05. The lowest BCUT2D eigenvalue weighted by Crippen LogP contribution is -2.19. The monoisotopic (exact) mass is 324 g/mol. The number of hydrogen-bond acceptors (Lipinski definition) is 3. The van der Waals surface area contributed by atoms with Crippen molar-refractivity contribution in [3.63, 3.8) is 0 Å². The van der Waals surface area contributed by atoms with Crippen LogP contribution in [0.1, 0.15) is 38.8 Å². The minimum Gasteiger partial charge on any atom is -0.491 e. The molecule has 24 heavy (non-hydrogen) atoms. The number of ether oxygens (including phenoxy) is 2. The molecule has 2 rings (SSSR count). The quantitative estimate of drug-likeness (QED) is 0.431. The predicted octanol–water partition coefficient (Wildman–Crippen LogP) is 4.89. The smallest absolute Gasteiger partial charge is 0.335 e. The van der Waals surface area contributed by atoms with Crippen molar-refractivity contribution in [2.24, 2.45) is 0 Å². The van der Waals surface area contributed by atoms with E-state index in [1.54, 1.807) is 12.1 Å². The number of hydrogen-bond donors (Lipinski definition) is 0. The van der Waals surface area contributed by atoms with Crippen LogP contribution >= 0.6 is 0 Å². The molecular formula is C21H24O3. The van der Waals surface area contributed by atoms with Crippen LogP contribution in [-0.4, -0.2) is 12.1 Å². The van der Waals surface area contributed by atoms with E-state index < -0.39 is 5.97 Å². The van der Waals surface area contributed by atoms with Gasteiger partial charge >= 0.3 is 5.97 Å². The highest BCUT2D eigenvalue weighted by molar-refractivity contribution is 5.83. The summed E-state index contributed by atoms with van der Waals surface area (Å²) in [5.74, 6) is 0.930. The fourth-order valence-corrected chi connectivity index (χ4v) is 2.49. The Balaban J connectivity index is 2.19. The Morgan fingerprint density at radius 2 is 1.42 bits per heavy atom. The number of benzene rings is 2. The van der Waals surface area contributed by atoms with Crippen LogP contribution in [-0.2, 0) is 10.2 Å². The number of esters is 1. The van der Waals surface area contributed by atoms with Crippen molar-refractivity contribution < 1.29 is 14.3 Å². The molecule has 0 spiro atoms. The second kappa shape index (κ2) is 7.35. The summed E-state index contributed by atoms with van der Waals surface area (Å²) in [4.78, 5) is 11.2. The third kappa shape index (κ3) is 4.25. The average molecular weight is 324 g/mol. The minimum atomic E-state index is -0.456. The molecule has 126 valence electrons. The van der Waals surface area contributed by atoms with Crippen LogP contribution in [0.4, 0.5) is 0 Å². The third-order valence-electron chi connectivity index (χ3n) is 3.91. The maximum absolute atomic E-state index is 11.2. The van der Waals surface area contributed by atoms with Crippen LogP contribution in [0.3, 0.4) is 0 Å². The van der Waals surface area contributed by atoms with Gasteiger partial charge in [-0.15, -0.1) is 0 Å². The van der Waals surface area contributed by atoms with Gasteiger partial charge in [0.1, 0.15) is 11.5 Å². The standard InChI is InChI=1S/C21H24O3/c1-6-20(22)24-19-13-9-17(10-14-19)21(4,5)16-7-11-18(12-8-16)23-15(2)3/h6-15H,1H2,2-5H3. The highest BCUT2D eigenvalue weighted by Crippen LogP contribution is 2.33. The van der Waals surface area contributed by atoms with Crippen molar-refractivity contribution in [3.8, 4) is 11.5 Å². The number of carbonyl (C=O) groups excluding carboxylic acids is 1. The summed E-state index contributed by atoms with van der Waals surface area (Å²) in [6, 6.07) is 15.7. The second-order valence-corrected chi connectivity index (χ2v) is 6.47. The Morgan fingerprint density at radius 3 is 1.83 bits per heavy atom. The Morgan fingerprint density at radius 1 is 0.958 bits per heavy atom. The molecular weight excluding hydrogens is 300 g/mol. The lowest BCUT2D eigenvalue weighted by molar-refractivity contribution is -0.128. The molecule has 2 aromatic rings. The molecule has 0 amide bonds. The van der Waals surface area contributed by atoms with Crippen molar-refractivity contribution >= 4 is 5.97 Å². The van der Waals surface area contributed by atoms with Crippen LogP contribution in [0.5, 0.6) is 11.5 Å². The van der Waals surface area contributed by atoms with Gasteiger partial charge in [0.05, 0.1) is 6.10 Å². The lowest BCUT2D eigenvalue weighted by atomic mass is 9.78. The minimum absolute atomic E-state index is 0.162. The van der Waals surface area contributed by atoms with Crippen LogP contribution in [0.15, 0.2) is 61.2 Å². The second-order valence-electron chi connectivity index (χ2n) is 6.47. The highest BCUT2D eigenvalue weighted by Gasteiger charge is 2.23. The molecule has 3 nitrogen and oxygen atoms in total. The third-order valence-corrected chi connectivity index (χ3v) is 3.91. The van der Waals surface area contributed by atoms with Crippen molar-refractivity contribution in [1.29, 1.82) is 0 Å². The van der Waals surface area contributed by atoms with Gasteiger partial charge in [-0.3, -0.25) is 0 Å². The largest absolute Gasteiger partial charge is 0.491 e. The zero-order valence-electron chi connectivity index (χ0n) is 14.7. The average Bonchev–Trinajstić information content (AvgIpc) is 2.55. The normalized spacial score (nSPS) is 11.2. The molecule has 0 aliphatic rings. The zero-order chi connectivity index (χ0) is 17.7. The van der Waals surface area contributed by atoms with Crippen molar-refractivity contribution in [1.82, 2.24) is 0 Å². The van der Waals surface area contributed by atoms with E-state index in [0.29, 0.717) is 5.75 Å². The summed E-state index contributed by atoms with van der Waals surface area (Å²) in [6.07, 6.45) is 1.31. The molecule has 0 aliphatic carbocycles. The summed E-state index contributed by atoms with van der Waals surface area (Å²) in [6.45, 7) is 11.7. The lowest BCUT2D eigenvalue weighted by Gasteiger charge is -2.26. The first-order chi connectivity index (χ1) is 11.3. The first-order valence-electron chi connectivity index (χ1n) is 8.05.